The Labute approximate surface area is 71.8 Å². The third-order valence-corrected chi connectivity index (χ3v) is 2.57. The lowest BCUT2D eigenvalue weighted by Crippen LogP contribution is -2.37. The van der Waals surface area contributed by atoms with E-state index in [-0.39, 0.29) is 12.0 Å². The molecule has 1 heterocycles. The maximum Gasteiger partial charge on any atom is 0.323 e. The molecular formula is C9H13NO2. The van der Waals surface area contributed by atoms with E-state index in [4.69, 9.17) is 4.74 Å². The molecule has 0 aromatic carbocycles. The Kier molecular flexibility index (Phi) is 1.89. The van der Waals surface area contributed by atoms with Gasteiger partial charge in [0.15, 0.2) is 0 Å². The highest BCUT2D eigenvalue weighted by molar-refractivity contribution is 5.77. The lowest BCUT2D eigenvalue weighted by Gasteiger charge is -2.23. The van der Waals surface area contributed by atoms with Gasteiger partial charge in [-0.15, -0.1) is 0 Å². The van der Waals surface area contributed by atoms with Gasteiger partial charge in [-0.05, 0) is 12.8 Å². The molecule has 0 amide bonds. The van der Waals surface area contributed by atoms with Crippen LogP contribution in [0.3, 0.4) is 0 Å². The Morgan fingerprint density at radius 1 is 1.67 bits per heavy atom. The van der Waals surface area contributed by atoms with Crippen LogP contribution in [0.5, 0.6) is 0 Å². The smallest absolute Gasteiger partial charge is 0.323 e. The zero-order valence-corrected chi connectivity index (χ0v) is 7.12. The van der Waals surface area contributed by atoms with Crippen molar-refractivity contribution in [3.63, 3.8) is 0 Å². The van der Waals surface area contributed by atoms with E-state index in [1.807, 2.05) is 6.92 Å². The zero-order valence-electron chi connectivity index (χ0n) is 7.12. The quantitative estimate of drug-likeness (QED) is 0.475. The molecule has 2 aliphatic rings. The molecule has 1 fully saturated rings. The fraction of sp³-hybridized carbons (Fsp3) is 0.667. The summed E-state index contributed by atoms with van der Waals surface area (Å²) in [6.07, 6.45) is 4.24. The van der Waals surface area contributed by atoms with Crippen LogP contribution in [0.25, 0.3) is 0 Å². The van der Waals surface area contributed by atoms with Crippen molar-refractivity contribution in [3.05, 3.63) is 12.2 Å². The molecule has 1 saturated heterocycles. The van der Waals surface area contributed by atoms with Crippen LogP contribution in [-0.2, 0) is 9.53 Å². The number of fused-ring (bicyclic) bond motifs is 1. The van der Waals surface area contributed by atoms with Gasteiger partial charge in [0.25, 0.3) is 0 Å². The average molecular weight is 167 g/mol. The SMILES string of the molecule is CCOC(=O)C1NCC2C=CC21. The van der Waals surface area contributed by atoms with Gasteiger partial charge in [0.05, 0.1) is 6.61 Å². The lowest BCUT2D eigenvalue weighted by molar-refractivity contribution is -0.146. The Balaban J connectivity index is 1.96. The lowest BCUT2D eigenvalue weighted by atomic mass is 9.81. The molecular weight excluding hydrogens is 154 g/mol. The van der Waals surface area contributed by atoms with Crippen LogP contribution < -0.4 is 5.32 Å². The van der Waals surface area contributed by atoms with E-state index in [9.17, 15) is 4.79 Å². The van der Waals surface area contributed by atoms with Crippen LogP contribution in [-0.4, -0.2) is 25.2 Å². The van der Waals surface area contributed by atoms with Crippen molar-refractivity contribution in [2.75, 3.05) is 13.2 Å². The molecule has 0 aromatic heterocycles. The van der Waals surface area contributed by atoms with Crippen LogP contribution in [0.15, 0.2) is 12.2 Å². The van der Waals surface area contributed by atoms with Crippen LogP contribution in [0.4, 0.5) is 0 Å². The summed E-state index contributed by atoms with van der Waals surface area (Å²) in [6, 6.07) is -0.0834. The summed E-state index contributed by atoms with van der Waals surface area (Å²) in [5, 5.41) is 3.17. The van der Waals surface area contributed by atoms with Gasteiger partial charge < -0.3 is 10.1 Å². The van der Waals surface area contributed by atoms with Crippen LogP contribution in [0.2, 0.25) is 0 Å². The van der Waals surface area contributed by atoms with Gasteiger partial charge >= 0.3 is 5.97 Å². The first-order valence-electron chi connectivity index (χ1n) is 4.41. The molecule has 2 rings (SSSR count). The van der Waals surface area contributed by atoms with Crippen LogP contribution in [0, 0.1) is 11.8 Å². The number of esters is 1. The average Bonchev–Trinajstić information content (AvgIpc) is 2.27. The van der Waals surface area contributed by atoms with Crippen LogP contribution >= 0.6 is 0 Å². The molecule has 12 heavy (non-hydrogen) atoms. The number of carbonyl (C=O) groups is 1. The van der Waals surface area contributed by atoms with Gasteiger partial charge in [-0.25, -0.2) is 0 Å². The maximum absolute atomic E-state index is 11.3. The molecule has 3 atom stereocenters. The molecule has 0 spiro atoms. The maximum atomic E-state index is 11.3. The third kappa shape index (κ3) is 1.05. The minimum atomic E-state index is -0.102. The van der Waals surface area contributed by atoms with Crippen LogP contribution in [0.1, 0.15) is 6.92 Å². The standard InChI is InChI=1S/C9H13NO2/c1-2-12-9(11)8-7-4-3-6(7)5-10-8/h3-4,6-8,10H,2,5H2,1H3. The third-order valence-electron chi connectivity index (χ3n) is 2.57. The summed E-state index contributed by atoms with van der Waals surface area (Å²) >= 11 is 0. The summed E-state index contributed by atoms with van der Waals surface area (Å²) < 4.78 is 4.94. The second-order valence-electron chi connectivity index (χ2n) is 3.26. The molecule has 1 N–H and O–H groups in total. The number of hydrogen-bond donors (Lipinski definition) is 1. The summed E-state index contributed by atoms with van der Waals surface area (Å²) in [5.41, 5.74) is 0. The summed E-state index contributed by atoms with van der Waals surface area (Å²) in [4.78, 5) is 11.3. The van der Waals surface area contributed by atoms with Crippen molar-refractivity contribution in [3.8, 4) is 0 Å². The molecule has 0 radical (unpaired) electrons. The van der Waals surface area contributed by atoms with E-state index in [1.165, 1.54) is 0 Å². The van der Waals surface area contributed by atoms with Crippen molar-refractivity contribution >= 4 is 5.97 Å². The first-order chi connectivity index (χ1) is 5.83. The first-order valence-corrected chi connectivity index (χ1v) is 4.41. The molecule has 0 saturated carbocycles. The second-order valence-corrected chi connectivity index (χ2v) is 3.26. The fourth-order valence-electron chi connectivity index (χ4n) is 1.83. The van der Waals surface area contributed by atoms with Crippen molar-refractivity contribution in [1.29, 1.82) is 0 Å². The highest BCUT2D eigenvalue weighted by Gasteiger charge is 2.42. The van der Waals surface area contributed by atoms with Gasteiger partial charge in [0.1, 0.15) is 6.04 Å². The molecule has 3 nitrogen and oxygen atoms in total. The van der Waals surface area contributed by atoms with E-state index in [1.54, 1.807) is 0 Å². The molecule has 0 aromatic rings. The molecule has 1 aliphatic carbocycles. The van der Waals surface area contributed by atoms with Gasteiger partial charge in [-0.3, -0.25) is 4.79 Å². The van der Waals surface area contributed by atoms with Crippen molar-refractivity contribution < 1.29 is 9.53 Å². The summed E-state index contributed by atoms with van der Waals surface area (Å²) in [5.74, 6) is 0.859. The normalized spacial score (nSPS) is 37.2. The number of carbonyl (C=O) groups excluding carboxylic acids is 1. The minimum absolute atomic E-state index is 0.0834. The molecule has 1 aliphatic heterocycles. The number of ether oxygens (including phenoxy) is 1. The number of nitrogens with one attached hydrogen (secondary N) is 1. The monoisotopic (exact) mass is 167 g/mol. The first kappa shape index (κ1) is 7.80. The largest absolute Gasteiger partial charge is 0.465 e. The number of hydrogen-bond acceptors (Lipinski definition) is 3. The fourth-order valence-corrected chi connectivity index (χ4v) is 1.83. The highest BCUT2D eigenvalue weighted by Crippen LogP contribution is 2.33. The second kappa shape index (κ2) is 2.90. The van der Waals surface area contributed by atoms with Crippen molar-refractivity contribution in [2.24, 2.45) is 11.8 Å². The Morgan fingerprint density at radius 2 is 2.50 bits per heavy atom. The Hall–Kier alpha value is -0.830. The zero-order chi connectivity index (χ0) is 8.55. The predicted molar refractivity (Wildman–Crippen MR) is 44.5 cm³/mol. The van der Waals surface area contributed by atoms with E-state index in [0.717, 1.165) is 6.54 Å². The molecule has 66 valence electrons. The van der Waals surface area contributed by atoms with E-state index in [0.29, 0.717) is 18.4 Å². The van der Waals surface area contributed by atoms with Gasteiger partial charge in [0, 0.05) is 12.5 Å². The van der Waals surface area contributed by atoms with Gasteiger partial charge in [0.2, 0.25) is 0 Å². The van der Waals surface area contributed by atoms with E-state index < -0.39 is 0 Å². The molecule has 0 bridgehead atoms. The molecule has 3 unspecified atom stereocenters. The molecule has 3 heteroatoms. The summed E-state index contributed by atoms with van der Waals surface area (Å²) in [7, 11) is 0. The van der Waals surface area contributed by atoms with E-state index in [2.05, 4.69) is 17.5 Å². The number of rotatable bonds is 2. The van der Waals surface area contributed by atoms with Gasteiger partial charge in [-0.2, -0.15) is 0 Å². The summed E-state index contributed by atoms with van der Waals surface area (Å²) in [6.45, 7) is 3.23. The van der Waals surface area contributed by atoms with Crippen molar-refractivity contribution in [1.82, 2.24) is 5.32 Å². The topological polar surface area (TPSA) is 38.3 Å². The Bertz CT molecular complexity index is 225. The minimum Gasteiger partial charge on any atom is -0.465 e. The predicted octanol–water partition coefficient (Wildman–Crippen LogP) is 0.323. The van der Waals surface area contributed by atoms with Gasteiger partial charge in [-0.1, -0.05) is 12.2 Å². The van der Waals surface area contributed by atoms with E-state index >= 15 is 0 Å². The highest BCUT2D eigenvalue weighted by atomic mass is 16.5. The van der Waals surface area contributed by atoms with Crippen molar-refractivity contribution in [2.45, 2.75) is 13.0 Å². The Morgan fingerprint density at radius 3 is 3.00 bits per heavy atom.